The maximum atomic E-state index is 12.4. The minimum atomic E-state index is 0.00733. The maximum absolute atomic E-state index is 12.4. The zero-order chi connectivity index (χ0) is 20.5. The van der Waals surface area contributed by atoms with Gasteiger partial charge in [-0.3, -0.25) is 14.5 Å². The Bertz CT molecular complexity index is 668. The van der Waals surface area contributed by atoms with Crippen LogP contribution in [-0.4, -0.2) is 69.3 Å². The first-order valence-electron chi connectivity index (χ1n) is 10.6. The van der Waals surface area contributed by atoms with Crippen molar-refractivity contribution in [2.75, 3.05) is 46.5 Å². The molecule has 160 valence electrons. The largest absolute Gasteiger partial charge is 0.496 e. The summed E-state index contributed by atoms with van der Waals surface area (Å²) in [5.74, 6) is 0.951. The van der Waals surface area contributed by atoms with Crippen LogP contribution >= 0.6 is 0 Å². The van der Waals surface area contributed by atoms with Crippen LogP contribution in [0.3, 0.4) is 0 Å². The van der Waals surface area contributed by atoms with Crippen molar-refractivity contribution < 1.29 is 19.1 Å². The van der Waals surface area contributed by atoms with Crippen LogP contribution in [0, 0.1) is 5.92 Å². The van der Waals surface area contributed by atoms with Crippen LogP contribution in [0.5, 0.6) is 5.75 Å². The first kappa shape index (κ1) is 21.6. The summed E-state index contributed by atoms with van der Waals surface area (Å²) < 4.78 is 10.7. The summed E-state index contributed by atoms with van der Waals surface area (Å²) in [6, 6.07) is 7.73. The molecule has 1 aliphatic heterocycles. The molecule has 1 saturated carbocycles. The SMILES string of the molecule is COc1ccccc1CC(=O)NC1CCC(C(=O)NCCN2CCOCC2)CC1. The Kier molecular flexibility index (Phi) is 8.31. The van der Waals surface area contributed by atoms with Gasteiger partial charge in [0, 0.05) is 43.7 Å². The van der Waals surface area contributed by atoms with Gasteiger partial charge in [0.2, 0.25) is 11.8 Å². The Labute approximate surface area is 173 Å². The van der Waals surface area contributed by atoms with E-state index in [-0.39, 0.29) is 23.8 Å². The van der Waals surface area contributed by atoms with E-state index in [0.717, 1.165) is 69.8 Å². The molecule has 1 aliphatic carbocycles. The highest BCUT2D eigenvalue weighted by Gasteiger charge is 2.27. The molecule has 29 heavy (non-hydrogen) atoms. The molecule has 7 nitrogen and oxygen atoms in total. The zero-order valence-corrected chi connectivity index (χ0v) is 17.3. The minimum absolute atomic E-state index is 0.00733. The highest BCUT2D eigenvalue weighted by atomic mass is 16.5. The lowest BCUT2D eigenvalue weighted by atomic mass is 9.85. The Morgan fingerprint density at radius 3 is 2.59 bits per heavy atom. The summed E-state index contributed by atoms with van der Waals surface area (Å²) in [5, 5.41) is 6.20. The quantitative estimate of drug-likeness (QED) is 0.685. The third kappa shape index (κ3) is 6.72. The molecule has 2 N–H and O–H groups in total. The van der Waals surface area contributed by atoms with Crippen LogP contribution in [-0.2, 0) is 20.7 Å². The van der Waals surface area contributed by atoms with Crippen LogP contribution in [0.4, 0.5) is 0 Å². The number of hydrogen-bond donors (Lipinski definition) is 2. The molecule has 7 heteroatoms. The molecule has 1 saturated heterocycles. The Morgan fingerprint density at radius 1 is 1.14 bits per heavy atom. The minimum Gasteiger partial charge on any atom is -0.496 e. The predicted molar refractivity (Wildman–Crippen MR) is 111 cm³/mol. The van der Waals surface area contributed by atoms with Gasteiger partial charge in [0.1, 0.15) is 5.75 Å². The molecule has 1 heterocycles. The number of para-hydroxylation sites is 1. The van der Waals surface area contributed by atoms with E-state index in [4.69, 9.17) is 9.47 Å². The van der Waals surface area contributed by atoms with Crippen molar-refractivity contribution in [2.24, 2.45) is 5.92 Å². The van der Waals surface area contributed by atoms with Gasteiger partial charge in [0.15, 0.2) is 0 Å². The van der Waals surface area contributed by atoms with Crippen LogP contribution in [0.2, 0.25) is 0 Å². The van der Waals surface area contributed by atoms with Crippen molar-refractivity contribution in [3.63, 3.8) is 0 Å². The fourth-order valence-corrected chi connectivity index (χ4v) is 4.11. The molecule has 0 aromatic heterocycles. The van der Waals surface area contributed by atoms with E-state index >= 15 is 0 Å². The molecule has 0 atom stereocenters. The molecule has 0 unspecified atom stereocenters. The average molecular weight is 404 g/mol. The second-order valence-electron chi connectivity index (χ2n) is 7.85. The normalized spacial score (nSPS) is 22.7. The molecule has 3 rings (SSSR count). The first-order chi connectivity index (χ1) is 14.2. The number of hydrogen-bond acceptors (Lipinski definition) is 5. The number of ether oxygens (including phenoxy) is 2. The molecule has 1 aromatic carbocycles. The number of amides is 2. The third-order valence-corrected chi connectivity index (χ3v) is 5.84. The number of morpholine rings is 1. The Hall–Kier alpha value is -2.12. The number of carbonyl (C=O) groups excluding carboxylic acids is 2. The van der Waals surface area contributed by atoms with Gasteiger partial charge in [-0.05, 0) is 31.7 Å². The number of nitrogens with zero attached hydrogens (tertiary/aromatic N) is 1. The second kappa shape index (κ2) is 11.2. The Balaban J connectivity index is 1.34. The van der Waals surface area contributed by atoms with Crippen molar-refractivity contribution in [3.05, 3.63) is 29.8 Å². The maximum Gasteiger partial charge on any atom is 0.224 e. The smallest absolute Gasteiger partial charge is 0.224 e. The van der Waals surface area contributed by atoms with E-state index in [1.807, 2.05) is 24.3 Å². The summed E-state index contributed by atoms with van der Waals surface area (Å²) >= 11 is 0. The summed E-state index contributed by atoms with van der Waals surface area (Å²) in [5.41, 5.74) is 0.890. The molecule has 0 radical (unpaired) electrons. The predicted octanol–water partition coefficient (Wildman–Crippen LogP) is 1.36. The number of benzene rings is 1. The van der Waals surface area contributed by atoms with E-state index in [1.54, 1.807) is 7.11 Å². The lowest BCUT2D eigenvalue weighted by Gasteiger charge is -2.29. The Morgan fingerprint density at radius 2 is 1.86 bits per heavy atom. The highest BCUT2D eigenvalue weighted by Crippen LogP contribution is 2.25. The highest BCUT2D eigenvalue weighted by molar-refractivity contribution is 5.80. The van der Waals surface area contributed by atoms with Gasteiger partial charge in [0.05, 0.1) is 26.7 Å². The topological polar surface area (TPSA) is 79.9 Å². The lowest BCUT2D eigenvalue weighted by molar-refractivity contribution is -0.126. The fourth-order valence-electron chi connectivity index (χ4n) is 4.11. The van der Waals surface area contributed by atoms with E-state index in [0.29, 0.717) is 13.0 Å². The van der Waals surface area contributed by atoms with Crippen molar-refractivity contribution in [1.82, 2.24) is 15.5 Å². The molecule has 1 aromatic rings. The van der Waals surface area contributed by atoms with E-state index in [2.05, 4.69) is 15.5 Å². The monoisotopic (exact) mass is 403 g/mol. The van der Waals surface area contributed by atoms with Gasteiger partial charge in [0.25, 0.3) is 0 Å². The van der Waals surface area contributed by atoms with Gasteiger partial charge >= 0.3 is 0 Å². The molecular formula is C22H33N3O4. The van der Waals surface area contributed by atoms with Crippen LogP contribution < -0.4 is 15.4 Å². The number of carbonyl (C=O) groups is 2. The van der Waals surface area contributed by atoms with E-state index in [1.165, 1.54) is 0 Å². The second-order valence-corrected chi connectivity index (χ2v) is 7.85. The molecular weight excluding hydrogens is 370 g/mol. The van der Waals surface area contributed by atoms with E-state index in [9.17, 15) is 9.59 Å². The van der Waals surface area contributed by atoms with Crippen LogP contribution in [0.25, 0.3) is 0 Å². The molecule has 0 spiro atoms. The summed E-state index contributed by atoms with van der Waals surface area (Å²) in [6.45, 7) is 5.00. The third-order valence-electron chi connectivity index (χ3n) is 5.84. The van der Waals surface area contributed by atoms with Crippen molar-refractivity contribution in [2.45, 2.75) is 38.1 Å². The lowest BCUT2D eigenvalue weighted by Crippen LogP contribution is -2.44. The summed E-state index contributed by atoms with van der Waals surface area (Å²) in [6.07, 6.45) is 3.65. The average Bonchev–Trinajstić information content (AvgIpc) is 2.75. The fraction of sp³-hybridized carbons (Fsp3) is 0.636. The van der Waals surface area contributed by atoms with E-state index < -0.39 is 0 Å². The van der Waals surface area contributed by atoms with Gasteiger partial charge in [-0.1, -0.05) is 18.2 Å². The number of nitrogens with one attached hydrogen (secondary N) is 2. The van der Waals surface area contributed by atoms with Gasteiger partial charge in [-0.25, -0.2) is 0 Å². The molecule has 2 amide bonds. The molecule has 2 aliphatic rings. The van der Waals surface area contributed by atoms with Crippen LogP contribution in [0.1, 0.15) is 31.2 Å². The zero-order valence-electron chi connectivity index (χ0n) is 17.3. The number of methoxy groups -OCH3 is 1. The summed E-state index contributed by atoms with van der Waals surface area (Å²) in [4.78, 5) is 27.1. The van der Waals surface area contributed by atoms with Gasteiger partial charge < -0.3 is 20.1 Å². The first-order valence-corrected chi connectivity index (χ1v) is 10.6. The van der Waals surface area contributed by atoms with Gasteiger partial charge in [-0.15, -0.1) is 0 Å². The standard InChI is InChI=1S/C22H33N3O4/c1-28-20-5-3-2-4-18(20)16-21(26)24-19-8-6-17(7-9-19)22(27)23-10-11-25-12-14-29-15-13-25/h2-5,17,19H,6-16H2,1H3,(H,23,27)(H,24,26). The van der Waals surface area contributed by atoms with Crippen molar-refractivity contribution >= 4 is 11.8 Å². The summed E-state index contributed by atoms with van der Waals surface area (Å²) in [7, 11) is 1.62. The van der Waals surface area contributed by atoms with Crippen LogP contribution in [0.15, 0.2) is 24.3 Å². The number of rotatable bonds is 8. The molecule has 2 fully saturated rings. The van der Waals surface area contributed by atoms with Crippen molar-refractivity contribution in [1.29, 1.82) is 0 Å². The molecule has 0 bridgehead atoms. The van der Waals surface area contributed by atoms with Crippen molar-refractivity contribution in [3.8, 4) is 5.75 Å². The van der Waals surface area contributed by atoms with Gasteiger partial charge in [-0.2, -0.15) is 0 Å².